The number of rotatable bonds is 5. The lowest BCUT2D eigenvalue weighted by Crippen LogP contribution is -2.34. The highest BCUT2D eigenvalue weighted by atomic mass is 35.5. The van der Waals surface area contributed by atoms with Crippen LogP contribution in [0.15, 0.2) is 12.1 Å². The third-order valence-corrected chi connectivity index (χ3v) is 3.45. The van der Waals surface area contributed by atoms with Gasteiger partial charge in [0, 0.05) is 10.9 Å². The molecule has 1 aliphatic rings. The summed E-state index contributed by atoms with van der Waals surface area (Å²) in [6.45, 7) is 0.992. The standard InChI is InChI=1S/C10H13ClN2OS/c11-9-4-3-8(15-9)5-13-10(14)6-12-7-1-2-7/h3-4,7,12H,1-2,5-6H2,(H,13,14). The van der Waals surface area contributed by atoms with Crippen LogP contribution in [0.4, 0.5) is 0 Å². The van der Waals surface area contributed by atoms with Gasteiger partial charge in [0.25, 0.3) is 0 Å². The van der Waals surface area contributed by atoms with E-state index in [2.05, 4.69) is 10.6 Å². The van der Waals surface area contributed by atoms with Crippen LogP contribution in [-0.2, 0) is 11.3 Å². The van der Waals surface area contributed by atoms with Crippen LogP contribution in [0.1, 0.15) is 17.7 Å². The molecular formula is C10H13ClN2OS. The minimum absolute atomic E-state index is 0.0476. The van der Waals surface area contributed by atoms with Crippen LogP contribution < -0.4 is 10.6 Å². The van der Waals surface area contributed by atoms with Crippen molar-refractivity contribution in [3.05, 3.63) is 21.3 Å². The third kappa shape index (κ3) is 3.81. The molecule has 0 spiro atoms. The topological polar surface area (TPSA) is 41.1 Å². The first-order valence-corrected chi connectivity index (χ1v) is 6.18. The summed E-state index contributed by atoms with van der Waals surface area (Å²) in [6.07, 6.45) is 2.40. The minimum atomic E-state index is 0.0476. The first-order chi connectivity index (χ1) is 7.24. The van der Waals surface area contributed by atoms with Crippen LogP contribution in [-0.4, -0.2) is 18.5 Å². The van der Waals surface area contributed by atoms with Gasteiger partial charge in [-0.15, -0.1) is 11.3 Å². The van der Waals surface area contributed by atoms with Gasteiger partial charge in [0.2, 0.25) is 5.91 Å². The van der Waals surface area contributed by atoms with E-state index in [9.17, 15) is 4.79 Å². The fraction of sp³-hybridized carbons (Fsp3) is 0.500. The molecule has 0 atom stereocenters. The van der Waals surface area contributed by atoms with Crippen molar-refractivity contribution in [3.63, 3.8) is 0 Å². The van der Waals surface area contributed by atoms with Gasteiger partial charge in [-0.25, -0.2) is 0 Å². The molecule has 1 aliphatic carbocycles. The number of halogens is 1. The Labute approximate surface area is 97.8 Å². The second kappa shape index (κ2) is 4.96. The molecule has 1 aromatic heterocycles. The number of nitrogens with one attached hydrogen (secondary N) is 2. The van der Waals surface area contributed by atoms with Gasteiger partial charge in [0.05, 0.1) is 17.4 Å². The fourth-order valence-corrected chi connectivity index (χ4v) is 2.25. The van der Waals surface area contributed by atoms with Crippen molar-refractivity contribution in [1.82, 2.24) is 10.6 Å². The first kappa shape index (κ1) is 10.9. The van der Waals surface area contributed by atoms with Gasteiger partial charge in [0.15, 0.2) is 0 Å². The van der Waals surface area contributed by atoms with Crippen molar-refractivity contribution in [3.8, 4) is 0 Å². The maximum Gasteiger partial charge on any atom is 0.234 e. The van der Waals surface area contributed by atoms with Gasteiger partial charge in [0.1, 0.15) is 0 Å². The number of carbonyl (C=O) groups excluding carboxylic acids is 1. The van der Waals surface area contributed by atoms with Gasteiger partial charge >= 0.3 is 0 Å². The molecule has 1 heterocycles. The molecule has 0 aliphatic heterocycles. The zero-order valence-electron chi connectivity index (χ0n) is 8.25. The minimum Gasteiger partial charge on any atom is -0.350 e. The molecule has 0 bridgehead atoms. The predicted molar refractivity (Wildman–Crippen MR) is 62.2 cm³/mol. The van der Waals surface area contributed by atoms with Crippen LogP contribution in [0.5, 0.6) is 0 Å². The van der Waals surface area contributed by atoms with Crippen LogP contribution >= 0.6 is 22.9 Å². The molecule has 1 saturated carbocycles. The SMILES string of the molecule is O=C(CNC1CC1)NCc1ccc(Cl)s1. The smallest absolute Gasteiger partial charge is 0.234 e. The summed E-state index contributed by atoms with van der Waals surface area (Å²) in [5.41, 5.74) is 0. The molecule has 2 N–H and O–H groups in total. The van der Waals surface area contributed by atoms with E-state index in [1.54, 1.807) is 0 Å². The van der Waals surface area contributed by atoms with E-state index >= 15 is 0 Å². The number of hydrogen-bond acceptors (Lipinski definition) is 3. The van der Waals surface area contributed by atoms with Crippen LogP contribution in [0.25, 0.3) is 0 Å². The lowest BCUT2D eigenvalue weighted by atomic mass is 10.4. The van der Waals surface area contributed by atoms with Gasteiger partial charge in [-0.1, -0.05) is 11.6 Å². The van der Waals surface area contributed by atoms with Crippen molar-refractivity contribution in [2.24, 2.45) is 0 Å². The Morgan fingerprint density at radius 3 is 2.93 bits per heavy atom. The van der Waals surface area contributed by atoms with E-state index in [4.69, 9.17) is 11.6 Å². The van der Waals surface area contributed by atoms with Crippen molar-refractivity contribution in [2.45, 2.75) is 25.4 Å². The molecule has 1 amide bonds. The second-order valence-electron chi connectivity index (χ2n) is 3.64. The second-order valence-corrected chi connectivity index (χ2v) is 5.44. The molecule has 82 valence electrons. The highest BCUT2D eigenvalue weighted by molar-refractivity contribution is 7.16. The van der Waals surface area contributed by atoms with Crippen LogP contribution in [0, 0.1) is 0 Å². The quantitative estimate of drug-likeness (QED) is 0.829. The Balaban J connectivity index is 1.65. The Morgan fingerprint density at radius 2 is 2.33 bits per heavy atom. The van der Waals surface area contributed by atoms with Crippen molar-refractivity contribution >= 4 is 28.8 Å². The highest BCUT2D eigenvalue weighted by Crippen LogP contribution is 2.21. The van der Waals surface area contributed by atoms with E-state index in [-0.39, 0.29) is 5.91 Å². The third-order valence-electron chi connectivity index (χ3n) is 2.22. The highest BCUT2D eigenvalue weighted by Gasteiger charge is 2.20. The predicted octanol–water partition coefficient (Wildman–Crippen LogP) is 1.77. The average Bonchev–Trinajstić information content (AvgIpc) is 2.95. The van der Waals surface area contributed by atoms with E-state index in [0.29, 0.717) is 19.1 Å². The molecule has 1 aromatic rings. The zero-order valence-corrected chi connectivity index (χ0v) is 9.83. The summed E-state index contributed by atoms with van der Waals surface area (Å²) in [5.74, 6) is 0.0476. The monoisotopic (exact) mass is 244 g/mol. The Morgan fingerprint density at radius 1 is 1.53 bits per heavy atom. The summed E-state index contributed by atoms with van der Waals surface area (Å²) in [4.78, 5) is 12.4. The molecule has 15 heavy (non-hydrogen) atoms. The molecule has 3 nitrogen and oxygen atoms in total. The molecule has 2 rings (SSSR count). The fourth-order valence-electron chi connectivity index (χ4n) is 1.22. The molecule has 5 heteroatoms. The van der Waals surface area contributed by atoms with Crippen LogP contribution in [0.2, 0.25) is 4.34 Å². The van der Waals surface area contributed by atoms with E-state index in [0.717, 1.165) is 9.21 Å². The molecular weight excluding hydrogens is 232 g/mol. The lowest BCUT2D eigenvalue weighted by molar-refractivity contribution is -0.120. The lowest BCUT2D eigenvalue weighted by Gasteiger charge is -2.04. The largest absolute Gasteiger partial charge is 0.350 e. The zero-order chi connectivity index (χ0) is 10.7. The number of hydrogen-bond donors (Lipinski definition) is 2. The first-order valence-electron chi connectivity index (χ1n) is 4.98. The van der Waals surface area contributed by atoms with Crippen molar-refractivity contribution in [1.29, 1.82) is 0 Å². The number of amides is 1. The van der Waals surface area contributed by atoms with Gasteiger partial charge in [-0.3, -0.25) is 4.79 Å². The van der Waals surface area contributed by atoms with Crippen molar-refractivity contribution in [2.75, 3.05) is 6.54 Å². The molecule has 1 fully saturated rings. The maximum atomic E-state index is 11.4. The number of thiophene rings is 1. The van der Waals surface area contributed by atoms with Gasteiger partial charge in [-0.2, -0.15) is 0 Å². The summed E-state index contributed by atoms with van der Waals surface area (Å²) in [6, 6.07) is 4.35. The van der Waals surface area contributed by atoms with Crippen molar-refractivity contribution < 1.29 is 4.79 Å². The summed E-state index contributed by atoms with van der Waals surface area (Å²) >= 11 is 7.28. The van der Waals surface area contributed by atoms with Crippen LogP contribution in [0.3, 0.4) is 0 Å². The molecule has 0 saturated heterocycles. The van der Waals surface area contributed by atoms with E-state index < -0.39 is 0 Å². The Bertz CT molecular complexity index is 349. The summed E-state index contributed by atoms with van der Waals surface area (Å²) in [7, 11) is 0. The van der Waals surface area contributed by atoms with E-state index in [1.165, 1.54) is 24.2 Å². The average molecular weight is 245 g/mol. The Hall–Kier alpha value is -0.580. The van der Waals surface area contributed by atoms with Gasteiger partial charge in [-0.05, 0) is 25.0 Å². The summed E-state index contributed by atoms with van der Waals surface area (Å²) < 4.78 is 0.760. The molecule has 0 radical (unpaired) electrons. The summed E-state index contributed by atoms with van der Waals surface area (Å²) in [5, 5.41) is 6.01. The number of carbonyl (C=O) groups is 1. The molecule has 0 aromatic carbocycles. The van der Waals surface area contributed by atoms with Gasteiger partial charge < -0.3 is 10.6 Å². The maximum absolute atomic E-state index is 11.4. The normalized spacial score (nSPS) is 15.3. The van der Waals surface area contributed by atoms with E-state index in [1.807, 2.05) is 12.1 Å². The molecule has 0 unspecified atom stereocenters. The Kier molecular flexibility index (Phi) is 3.61.